The average Bonchev–Trinajstić information content (AvgIpc) is 2.30. The van der Waals surface area contributed by atoms with E-state index in [1.807, 2.05) is 0 Å². The number of halogens is 1. The monoisotopic (exact) mass is 283 g/mol. The van der Waals surface area contributed by atoms with E-state index >= 15 is 0 Å². The predicted octanol–water partition coefficient (Wildman–Crippen LogP) is 1.22. The lowest BCUT2D eigenvalue weighted by molar-refractivity contribution is -0.149. The van der Waals surface area contributed by atoms with Crippen LogP contribution < -0.4 is 4.72 Å². The van der Waals surface area contributed by atoms with Gasteiger partial charge in [0.05, 0.1) is 12.5 Å². The number of hydrogen-bond donors (Lipinski definition) is 1. The normalized spacial score (nSPS) is 25.5. The van der Waals surface area contributed by atoms with Crippen LogP contribution in [0.15, 0.2) is 0 Å². The Balaban J connectivity index is 2.38. The van der Waals surface area contributed by atoms with Crippen LogP contribution >= 0.6 is 11.6 Å². The lowest BCUT2D eigenvalue weighted by Crippen LogP contribution is -2.39. The number of sulfonamides is 1. The van der Waals surface area contributed by atoms with Gasteiger partial charge in [-0.1, -0.05) is 0 Å². The molecule has 0 aromatic heterocycles. The number of ether oxygens (including phenoxy) is 1. The van der Waals surface area contributed by atoms with Gasteiger partial charge in [0, 0.05) is 6.04 Å². The van der Waals surface area contributed by atoms with Crippen LogP contribution in [0.25, 0.3) is 0 Å². The summed E-state index contributed by atoms with van der Waals surface area (Å²) in [6, 6.07) is -0.107. The van der Waals surface area contributed by atoms with Crippen LogP contribution in [0.2, 0.25) is 0 Å². The first-order chi connectivity index (χ1) is 7.98. The molecule has 0 saturated heterocycles. The maximum atomic E-state index is 11.5. The topological polar surface area (TPSA) is 72.5 Å². The molecule has 1 saturated carbocycles. The van der Waals surface area contributed by atoms with Crippen molar-refractivity contribution in [3.8, 4) is 0 Å². The summed E-state index contributed by atoms with van der Waals surface area (Å²) < 4.78 is 30.0. The molecule has 1 N–H and O–H groups in total. The number of nitrogens with one attached hydrogen (secondary N) is 1. The van der Waals surface area contributed by atoms with Gasteiger partial charge < -0.3 is 4.74 Å². The van der Waals surface area contributed by atoms with Crippen molar-refractivity contribution in [2.75, 3.05) is 11.8 Å². The number of hydrogen-bond acceptors (Lipinski definition) is 4. The van der Waals surface area contributed by atoms with Gasteiger partial charge in [-0.25, -0.2) is 13.1 Å². The molecular weight excluding hydrogens is 266 g/mol. The third-order valence-electron chi connectivity index (χ3n) is 2.84. The fourth-order valence-electron chi connectivity index (χ4n) is 1.99. The van der Waals surface area contributed by atoms with Crippen LogP contribution in [0.3, 0.4) is 0 Å². The number of carbonyl (C=O) groups excluding carboxylic acids is 1. The van der Waals surface area contributed by atoms with Crippen LogP contribution in [0.1, 0.15) is 32.6 Å². The second-order valence-corrected chi connectivity index (χ2v) is 6.48. The number of alkyl halides is 1. The van der Waals surface area contributed by atoms with E-state index in [9.17, 15) is 13.2 Å². The Bertz CT molecular complexity index is 349. The van der Waals surface area contributed by atoms with Crippen molar-refractivity contribution < 1.29 is 17.9 Å². The lowest BCUT2D eigenvalue weighted by Gasteiger charge is -2.27. The van der Waals surface area contributed by atoms with Crippen molar-refractivity contribution in [1.82, 2.24) is 4.72 Å². The summed E-state index contributed by atoms with van der Waals surface area (Å²) in [5, 5.41) is -0.426. The minimum absolute atomic E-state index is 0.0910. The number of rotatable bonds is 5. The molecule has 1 aliphatic rings. The SMILES string of the molecule is CCOC(=O)C1CCC(NS(=O)(=O)CCl)CC1. The Morgan fingerprint density at radius 3 is 2.41 bits per heavy atom. The predicted molar refractivity (Wildman–Crippen MR) is 65.2 cm³/mol. The molecule has 5 nitrogen and oxygen atoms in total. The molecule has 0 unspecified atom stereocenters. The highest BCUT2D eigenvalue weighted by atomic mass is 35.5. The number of esters is 1. The van der Waals surface area contributed by atoms with Gasteiger partial charge in [-0.2, -0.15) is 0 Å². The van der Waals surface area contributed by atoms with E-state index in [1.165, 1.54) is 0 Å². The Kier molecular flexibility index (Phi) is 5.69. The van der Waals surface area contributed by atoms with Gasteiger partial charge in [-0.05, 0) is 32.6 Å². The second-order valence-electron chi connectivity index (χ2n) is 4.14. The molecule has 0 heterocycles. The van der Waals surface area contributed by atoms with E-state index in [1.54, 1.807) is 6.92 Å². The Morgan fingerprint density at radius 2 is 1.94 bits per heavy atom. The number of carbonyl (C=O) groups is 1. The Morgan fingerprint density at radius 1 is 1.35 bits per heavy atom. The summed E-state index contributed by atoms with van der Waals surface area (Å²) in [4.78, 5) is 11.5. The lowest BCUT2D eigenvalue weighted by atomic mass is 9.86. The summed E-state index contributed by atoms with van der Waals surface area (Å²) in [6.45, 7) is 2.16. The zero-order chi connectivity index (χ0) is 12.9. The van der Waals surface area contributed by atoms with Gasteiger partial charge in [0.15, 0.2) is 0 Å². The second kappa shape index (κ2) is 6.56. The smallest absolute Gasteiger partial charge is 0.308 e. The highest BCUT2D eigenvalue weighted by Gasteiger charge is 2.28. The van der Waals surface area contributed by atoms with E-state index in [2.05, 4.69) is 4.72 Å². The van der Waals surface area contributed by atoms with Crippen LogP contribution in [0.5, 0.6) is 0 Å². The molecular formula is C10H18ClNO4S. The molecule has 100 valence electrons. The van der Waals surface area contributed by atoms with Crippen molar-refractivity contribution in [3.63, 3.8) is 0 Å². The molecule has 0 aromatic carbocycles. The van der Waals surface area contributed by atoms with Crippen LogP contribution in [-0.2, 0) is 19.6 Å². The molecule has 1 fully saturated rings. The van der Waals surface area contributed by atoms with Gasteiger partial charge >= 0.3 is 5.97 Å². The van der Waals surface area contributed by atoms with Crippen molar-refractivity contribution in [1.29, 1.82) is 0 Å². The third kappa shape index (κ3) is 4.81. The molecule has 7 heteroatoms. The maximum absolute atomic E-state index is 11.5. The van der Waals surface area contributed by atoms with E-state index in [0.717, 1.165) is 0 Å². The van der Waals surface area contributed by atoms with E-state index in [4.69, 9.17) is 16.3 Å². The van der Waals surface area contributed by atoms with Crippen LogP contribution in [0.4, 0.5) is 0 Å². The minimum Gasteiger partial charge on any atom is -0.466 e. The molecule has 1 rings (SSSR count). The molecule has 0 amide bonds. The highest BCUT2D eigenvalue weighted by Crippen LogP contribution is 2.25. The zero-order valence-corrected chi connectivity index (χ0v) is 11.4. The van der Waals surface area contributed by atoms with Gasteiger partial charge in [0.25, 0.3) is 0 Å². The summed E-state index contributed by atoms with van der Waals surface area (Å²) >= 11 is 5.31. The Hall–Kier alpha value is -0.330. The third-order valence-corrected chi connectivity index (χ3v) is 4.68. The quantitative estimate of drug-likeness (QED) is 0.608. The standard InChI is InChI=1S/C10H18ClNO4S/c1-2-16-10(13)8-3-5-9(6-4-8)12-17(14,15)7-11/h8-9,12H,2-7H2,1H3. The molecule has 0 radical (unpaired) electrons. The largest absolute Gasteiger partial charge is 0.466 e. The molecule has 17 heavy (non-hydrogen) atoms. The molecule has 0 aliphatic heterocycles. The highest BCUT2D eigenvalue weighted by molar-refractivity contribution is 7.90. The fraction of sp³-hybridized carbons (Fsp3) is 0.900. The summed E-state index contributed by atoms with van der Waals surface area (Å²) in [7, 11) is -3.37. The van der Waals surface area contributed by atoms with Gasteiger partial charge in [-0.15, -0.1) is 11.6 Å². The van der Waals surface area contributed by atoms with Crippen molar-refractivity contribution in [3.05, 3.63) is 0 Å². The van der Waals surface area contributed by atoms with Gasteiger partial charge in [0.2, 0.25) is 10.0 Å². The molecule has 0 atom stereocenters. The van der Waals surface area contributed by atoms with E-state index < -0.39 is 15.2 Å². The molecule has 0 aromatic rings. The van der Waals surface area contributed by atoms with Crippen molar-refractivity contribution >= 4 is 27.6 Å². The molecule has 0 spiro atoms. The summed E-state index contributed by atoms with van der Waals surface area (Å²) in [6.07, 6.45) is 2.63. The Labute approximate surface area is 107 Å². The first-order valence-electron chi connectivity index (χ1n) is 5.71. The first-order valence-corrected chi connectivity index (χ1v) is 7.89. The fourth-order valence-corrected chi connectivity index (χ4v) is 2.99. The molecule has 1 aliphatic carbocycles. The zero-order valence-electron chi connectivity index (χ0n) is 9.82. The average molecular weight is 284 g/mol. The minimum atomic E-state index is -3.37. The molecule has 0 bridgehead atoms. The van der Waals surface area contributed by atoms with Crippen LogP contribution in [0, 0.1) is 5.92 Å². The summed E-state index contributed by atoms with van der Waals surface area (Å²) in [5.41, 5.74) is 0. The van der Waals surface area contributed by atoms with Crippen molar-refractivity contribution in [2.24, 2.45) is 5.92 Å². The van der Waals surface area contributed by atoms with Gasteiger partial charge in [-0.3, -0.25) is 4.79 Å². The van der Waals surface area contributed by atoms with E-state index in [0.29, 0.717) is 32.3 Å². The summed E-state index contributed by atoms with van der Waals surface area (Å²) in [5.74, 6) is -0.266. The van der Waals surface area contributed by atoms with Gasteiger partial charge in [0.1, 0.15) is 5.21 Å². The van der Waals surface area contributed by atoms with Crippen molar-refractivity contribution in [2.45, 2.75) is 38.6 Å². The van der Waals surface area contributed by atoms with Crippen LogP contribution in [-0.4, -0.2) is 32.2 Å². The first kappa shape index (κ1) is 14.7. The maximum Gasteiger partial charge on any atom is 0.308 e. The van der Waals surface area contributed by atoms with E-state index in [-0.39, 0.29) is 17.9 Å².